The average Bonchev–Trinajstić information content (AvgIpc) is 2.78. The van der Waals surface area contributed by atoms with Crippen LogP contribution >= 0.6 is 0 Å². The molecule has 30 heavy (non-hydrogen) atoms. The second kappa shape index (κ2) is 8.29. The molecule has 4 aromatic rings. The quantitative estimate of drug-likeness (QED) is 0.481. The molecule has 0 amide bonds. The lowest BCUT2D eigenvalue weighted by Crippen LogP contribution is -2.23. The van der Waals surface area contributed by atoms with Gasteiger partial charge in [0.05, 0.1) is 30.8 Å². The third-order valence-corrected chi connectivity index (χ3v) is 4.88. The Bertz CT molecular complexity index is 1250. The Balaban J connectivity index is 1.82. The number of hydrogen-bond acceptors (Lipinski definition) is 5. The third kappa shape index (κ3) is 3.59. The van der Waals surface area contributed by atoms with Crippen molar-refractivity contribution in [3.05, 3.63) is 88.5 Å². The van der Waals surface area contributed by atoms with Crippen LogP contribution < -0.4 is 19.8 Å². The molecule has 0 atom stereocenters. The summed E-state index contributed by atoms with van der Waals surface area (Å²) in [6.45, 7) is 2.18. The summed E-state index contributed by atoms with van der Waals surface area (Å²) < 4.78 is 18.4. The van der Waals surface area contributed by atoms with Gasteiger partial charge < -0.3 is 14.2 Å². The molecule has 6 heteroatoms. The molecule has 0 bridgehead atoms. The Morgan fingerprint density at radius 3 is 2.30 bits per heavy atom. The Hall–Kier alpha value is -3.80. The average molecular weight is 402 g/mol. The first-order valence-corrected chi connectivity index (χ1v) is 9.54. The SMILES string of the molecule is COc1cc2c(=O)n(-c3ccccc3OC)c(C)nc2cc1OCc1ccccc1. The van der Waals surface area contributed by atoms with E-state index in [-0.39, 0.29) is 5.56 Å². The van der Waals surface area contributed by atoms with Crippen LogP contribution in [0.4, 0.5) is 0 Å². The summed E-state index contributed by atoms with van der Waals surface area (Å²) in [5.74, 6) is 2.16. The van der Waals surface area contributed by atoms with E-state index in [0.717, 1.165) is 5.56 Å². The summed E-state index contributed by atoms with van der Waals surface area (Å²) in [6, 6.07) is 20.6. The summed E-state index contributed by atoms with van der Waals surface area (Å²) in [4.78, 5) is 18.0. The fraction of sp³-hybridized carbons (Fsp3) is 0.167. The largest absolute Gasteiger partial charge is 0.495 e. The second-order valence-corrected chi connectivity index (χ2v) is 6.77. The van der Waals surface area contributed by atoms with Crippen molar-refractivity contribution in [3.63, 3.8) is 0 Å². The summed E-state index contributed by atoms with van der Waals surface area (Å²) in [6.07, 6.45) is 0. The monoisotopic (exact) mass is 402 g/mol. The van der Waals surface area contributed by atoms with E-state index >= 15 is 0 Å². The van der Waals surface area contributed by atoms with E-state index in [0.29, 0.717) is 46.3 Å². The van der Waals surface area contributed by atoms with Crippen molar-refractivity contribution in [2.24, 2.45) is 0 Å². The summed E-state index contributed by atoms with van der Waals surface area (Å²) in [7, 11) is 3.13. The smallest absolute Gasteiger partial charge is 0.266 e. The molecule has 0 unspecified atom stereocenters. The number of fused-ring (bicyclic) bond motifs is 1. The Kier molecular flexibility index (Phi) is 5.39. The van der Waals surface area contributed by atoms with Gasteiger partial charge in [0.1, 0.15) is 18.2 Å². The van der Waals surface area contributed by atoms with Crippen molar-refractivity contribution in [1.82, 2.24) is 9.55 Å². The minimum atomic E-state index is -0.199. The molecule has 1 aromatic heterocycles. The van der Waals surface area contributed by atoms with Gasteiger partial charge in [0.2, 0.25) is 0 Å². The molecule has 4 rings (SSSR count). The molecule has 0 aliphatic rings. The molecule has 152 valence electrons. The zero-order valence-electron chi connectivity index (χ0n) is 17.1. The van der Waals surface area contributed by atoms with Gasteiger partial charge in [-0.3, -0.25) is 9.36 Å². The summed E-state index contributed by atoms with van der Waals surface area (Å²) >= 11 is 0. The second-order valence-electron chi connectivity index (χ2n) is 6.77. The van der Waals surface area contributed by atoms with E-state index in [9.17, 15) is 4.79 Å². The van der Waals surface area contributed by atoms with E-state index in [1.165, 1.54) is 0 Å². The third-order valence-electron chi connectivity index (χ3n) is 4.88. The molecule has 3 aromatic carbocycles. The first-order chi connectivity index (χ1) is 14.6. The van der Waals surface area contributed by atoms with E-state index in [2.05, 4.69) is 4.98 Å². The molecule has 0 saturated heterocycles. The lowest BCUT2D eigenvalue weighted by molar-refractivity contribution is 0.285. The molecule has 0 aliphatic heterocycles. The number of ether oxygens (including phenoxy) is 3. The van der Waals surface area contributed by atoms with Crippen LogP contribution in [0.25, 0.3) is 16.6 Å². The van der Waals surface area contributed by atoms with Crippen LogP contribution in [-0.2, 0) is 6.61 Å². The van der Waals surface area contributed by atoms with Crippen LogP contribution in [0.1, 0.15) is 11.4 Å². The number of hydrogen-bond donors (Lipinski definition) is 0. The number of aryl methyl sites for hydroxylation is 1. The number of para-hydroxylation sites is 2. The Labute approximate surface area is 174 Å². The maximum atomic E-state index is 13.3. The highest BCUT2D eigenvalue weighted by atomic mass is 16.5. The molecule has 0 radical (unpaired) electrons. The first-order valence-electron chi connectivity index (χ1n) is 9.54. The number of aromatic nitrogens is 2. The van der Waals surface area contributed by atoms with Gasteiger partial charge in [-0.1, -0.05) is 42.5 Å². The molecule has 1 heterocycles. The highest BCUT2D eigenvalue weighted by Crippen LogP contribution is 2.32. The van der Waals surface area contributed by atoms with Crippen LogP contribution in [0.3, 0.4) is 0 Å². The zero-order valence-corrected chi connectivity index (χ0v) is 17.1. The summed E-state index contributed by atoms with van der Waals surface area (Å²) in [5.41, 5.74) is 2.03. The van der Waals surface area contributed by atoms with Crippen LogP contribution in [0, 0.1) is 6.92 Å². The van der Waals surface area contributed by atoms with E-state index in [1.807, 2.05) is 54.6 Å². The highest BCUT2D eigenvalue weighted by Gasteiger charge is 2.16. The van der Waals surface area contributed by atoms with Crippen molar-refractivity contribution in [1.29, 1.82) is 0 Å². The molecule has 0 fully saturated rings. The van der Waals surface area contributed by atoms with Gasteiger partial charge in [-0.15, -0.1) is 0 Å². The fourth-order valence-electron chi connectivity index (χ4n) is 3.41. The maximum Gasteiger partial charge on any atom is 0.266 e. The zero-order chi connectivity index (χ0) is 21.1. The molecule has 0 saturated carbocycles. The van der Waals surface area contributed by atoms with Gasteiger partial charge in [-0.05, 0) is 30.7 Å². The molecule has 0 aliphatic carbocycles. The predicted molar refractivity (Wildman–Crippen MR) is 116 cm³/mol. The lowest BCUT2D eigenvalue weighted by Gasteiger charge is -2.16. The molecular weight excluding hydrogens is 380 g/mol. The number of methoxy groups -OCH3 is 2. The van der Waals surface area contributed by atoms with Gasteiger partial charge in [-0.25, -0.2) is 4.98 Å². The van der Waals surface area contributed by atoms with Crippen molar-refractivity contribution in [2.45, 2.75) is 13.5 Å². The molecular formula is C24H22N2O4. The Morgan fingerprint density at radius 1 is 0.867 bits per heavy atom. The van der Waals surface area contributed by atoms with Crippen molar-refractivity contribution in [3.8, 4) is 22.9 Å². The van der Waals surface area contributed by atoms with Crippen LogP contribution in [-0.4, -0.2) is 23.8 Å². The number of benzene rings is 3. The summed E-state index contributed by atoms with van der Waals surface area (Å²) in [5, 5.41) is 0.440. The van der Waals surface area contributed by atoms with Gasteiger partial charge in [-0.2, -0.15) is 0 Å². The van der Waals surface area contributed by atoms with E-state index < -0.39 is 0 Å². The van der Waals surface area contributed by atoms with E-state index in [4.69, 9.17) is 14.2 Å². The lowest BCUT2D eigenvalue weighted by atomic mass is 10.2. The van der Waals surface area contributed by atoms with Gasteiger partial charge in [0.15, 0.2) is 11.5 Å². The molecule has 0 spiro atoms. The highest BCUT2D eigenvalue weighted by molar-refractivity contribution is 5.82. The molecule has 6 nitrogen and oxygen atoms in total. The first kappa shape index (κ1) is 19.5. The van der Waals surface area contributed by atoms with Crippen molar-refractivity contribution < 1.29 is 14.2 Å². The van der Waals surface area contributed by atoms with Crippen LogP contribution in [0.5, 0.6) is 17.2 Å². The van der Waals surface area contributed by atoms with Gasteiger partial charge in [0.25, 0.3) is 5.56 Å². The normalized spacial score (nSPS) is 10.8. The predicted octanol–water partition coefficient (Wildman–Crippen LogP) is 4.29. The van der Waals surface area contributed by atoms with Crippen molar-refractivity contribution in [2.75, 3.05) is 14.2 Å². The molecule has 0 N–H and O–H groups in total. The number of nitrogens with zero attached hydrogens (tertiary/aromatic N) is 2. The van der Waals surface area contributed by atoms with Crippen LogP contribution in [0.2, 0.25) is 0 Å². The minimum absolute atomic E-state index is 0.199. The van der Waals surface area contributed by atoms with Gasteiger partial charge in [0, 0.05) is 6.07 Å². The van der Waals surface area contributed by atoms with Crippen LogP contribution in [0.15, 0.2) is 71.5 Å². The van der Waals surface area contributed by atoms with Gasteiger partial charge >= 0.3 is 0 Å². The maximum absolute atomic E-state index is 13.3. The topological polar surface area (TPSA) is 62.6 Å². The van der Waals surface area contributed by atoms with Crippen molar-refractivity contribution >= 4 is 10.9 Å². The fourth-order valence-corrected chi connectivity index (χ4v) is 3.41. The standard InChI is InChI=1S/C24H22N2O4/c1-16-25-19-14-23(30-15-17-9-5-4-6-10-17)22(29-3)13-18(19)24(27)26(16)20-11-7-8-12-21(20)28-2/h4-14H,15H2,1-3H3. The Morgan fingerprint density at radius 2 is 1.57 bits per heavy atom. The minimum Gasteiger partial charge on any atom is -0.495 e. The van der Waals surface area contributed by atoms with E-state index in [1.54, 1.807) is 37.8 Å². The number of rotatable bonds is 6.